The van der Waals surface area contributed by atoms with Crippen molar-refractivity contribution in [2.75, 3.05) is 10.6 Å². The van der Waals surface area contributed by atoms with Crippen molar-refractivity contribution in [3.63, 3.8) is 0 Å². The van der Waals surface area contributed by atoms with Gasteiger partial charge in [0.2, 0.25) is 0 Å². The van der Waals surface area contributed by atoms with Gasteiger partial charge in [0.05, 0.1) is 40.9 Å². The standard InChI is InChI=1S/C16H12Cl2N4O2/c17-11-4-1-5-12(18)15(11)22-16(23)13-8-21-14(9-19-13)20-7-10-3-2-6-24-10/h1-6,8-9H,7H2,(H,20,21)(H,22,23). The lowest BCUT2D eigenvalue weighted by atomic mass is 10.3. The molecule has 0 saturated carbocycles. The highest BCUT2D eigenvalue weighted by molar-refractivity contribution is 6.39. The Morgan fingerprint density at radius 3 is 2.50 bits per heavy atom. The van der Waals surface area contributed by atoms with E-state index in [9.17, 15) is 4.79 Å². The number of carbonyl (C=O) groups excluding carboxylic acids is 1. The number of anilines is 2. The molecule has 24 heavy (non-hydrogen) atoms. The molecular formula is C16H12Cl2N4O2. The minimum absolute atomic E-state index is 0.148. The number of hydrogen-bond donors (Lipinski definition) is 2. The molecule has 8 heteroatoms. The Labute approximate surface area is 147 Å². The second-order valence-electron chi connectivity index (χ2n) is 4.77. The molecule has 1 amide bonds. The monoisotopic (exact) mass is 362 g/mol. The van der Waals surface area contributed by atoms with Gasteiger partial charge in [0.15, 0.2) is 0 Å². The van der Waals surface area contributed by atoms with Crippen molar-refractivity contribution in [3.05, 3.63) is 70.5 Å². The largest absolute Gasteiger partial charge is 0.467 e. The molecule has 0 spiro atoms. The molecule has 6 nitrogen and oxygen atoms in total. The SMILES string of the molecule is O=C(Nc1c(Cl)cccc1Cl)c1cnc(NCc2ccco2)cn1. The Morgan fingerprint density at radius 1 is 1.08 bits per heavy atom. The van der Waals surface area contributed by atoms with Gasteiger partial charge < -0.3 is 15.1 Å². The van der Waals surface area contributed by atoms with E-state index in [4.69, 9.17) is 27.6 Å². The Bertz CT molecular complexity index is 816. The molecule has 3 rings (SSSR count). The fourth-order valence-corrected chi connectivity index (χ4v) is 2.41. The van der Waals surface area contributed by atoms with Crippen molar-refractivity contribution in [3.8, 4) is 0 Å². The molecule has 2 heterocycles. The molecule has 0 atom stereocenters. The number of para-hydroxylation sites is 1. The molecule has 0 bridgehead atoms. The Kier molecular flexibility index (Phi) is 4.98. The van der Waals surface area contributed by atoms with Crippen LogP contribution in [0.25, 0.3) is 0 Å². The quantitative estimate of drug-likeness (QED) is 0.709. The number of rotatable bonds is 5. The van der Waals surface area contributed by atoms with Crippen LogP contribution in [-0.2, 0) is 6.54 Å². The Hall–Kier alpha value is -2.57. The van der Waals surface area contributed by atoms with Gasteiger partial charge >= 0.3 is 0 Å². The normalized spacial score (nSPS) is 10.4. The lowest BCUT2D eigenvalue weighted by Crippen LogP contribution is -2.15. The fourth-order valence-electron chi connectivity index (χ4n) is 1.92. The van der Waals surface area contributed by atoms with Crippen LogP contribution in [-0.4, -0.2) is 15.9 Å². The summed E-state index contributed by atoms with van der Waals surface area (Å²) in [6.07, 6.45) is 4.42. The Balaban J connectivity index is 1.65. The molecule has 2 aromatic heterocycles. The zero-order valence-corrected chi connectivity index (χ0v) is 13.8. The summed E-state index contributed by atoms with van der Waals surface area (Å²) in [5, 5.41) is 6.36. The van der Waals surface area contributed by atoms with E-state index in [0.29, 0.717) is 28.1 Å². The lowest BCUT2D eigenvalue weighted by Gasteiger charge is -2.09. The van der Waals surface area contributed by atoms with Gasteiger partial charge in [-0.15, -0.1) is 0 Å². The molecule has 0 fully saturated rings. The summed E-state index contributed by atoms with van der Waals surface area (Å²) < 4.78 is 5.21. The molecular weight excluding hydrogens is 351 g/mol. The summed E-state index contributed by atoms with van der Waals surface area (Å²) in [5.74, 6) is 0.848. The summed E-state index contributed by atoms with van der Waals surface area (Å²) in [6.45, 7) is 0.475. The minimum Gasteiger partial charge on any atom is -0.467 e. The third kappa shape index (κ3) is 3.84. The summed E-state index contributed by atoms with van der Waals surface area (Å²) >= 11 is 12.0. The molecule has 0 aliphatic rings. The first-order chi connectivity index (χ1) is 11.6. The van der Waals surface area contributed by atoms with E-state index in [1.165, 1.54) is 12.4 Å². The number of amides is 1. The third-order valence-corrected chi connectivity index (χ3v) is 3.74. The molecule has 0 aliphatic heterocycles. The van der Waals surface area contributed by atoms with Crippen LogP contribution in [0.5, 0.6) is 0 Å². The summed E-state index contributed by atoms with van der Waals surface area (Å²) in [7, 11) is 0. The number of halogens is 2. The number of hydrogen-bond acceptors (Lipinski definition) is 5. The summed E-state index contributed by atoms with van der Waals surface area (Å²) in [5.41, 5.74) is 0.488. The predicted molar refractivity (Wildman–Crippen MR) is 92.5 cm³/mol. The van der Waals surface area contributed by atoms with Gasteiger partial charge in [0.1, 0.15) is 17.3 Å². The third-order valence-electron chi connectivity index (χ3n) is 3.11. The molecule has 0 unspecified atom stereocenters. The van der Waals surface area contributed by atoms with Crippen molar-refractivity contribution in [2.45, 2.75) is 6.54 Å². The molecule has 0 aliphatic carbocycles. The van der Waals surface area contributed by atoms with E-state index in [1.54, 1.807) is 30.5 Å². The number of carbonyl (C=O) groups is 1. The van der Waals surface area contributed by atoms with E-state index < -0.39 is 5.91 Å². The highest BCUT2D eigenvalue weighted by Gasteiger charge is 2.13. The van der Waals surface area contributed by atoms with E-state index in [0.717, 1.165) is 5.76 Å². The van der Waals surface area contributed by atoms with Crippen LogP contribution in [0.1, 0.15) is 16.2 Å². The molecule has 2 N–H and O–H groups in total. The van der Waals surface area contributed by atoms with Crippen LogP contribution in [0.4, 0.5) is 11.5 Å². The average molecular weight is 363 g/mol. The molecule has 122 valence electrons. The Morgan fingerprint density at radius 2 is 1.88 bits per heavy atom. The zero-order valence-electron chi connectivity index (χ0n) is 12.3. The van der Waals surface area contributed by atoms with E-state index >= 15 is 0 Å². The number of furan rings is 1. The maximum Gasteiger partial charge on any atom is 0.275 e. The molecule has 1 aromatic carbocycles. The highest BCUT2D eigenvalue weighted by atomic mass is 35.5. The number of nitrogens with zero attached hydrogens (tertiary/aromatic N) is 2. The molecule has 0 saturated heterocycles. The zero-order chi connectivity index (χ0) is 16.9. The smallest absolute Gasteiger partial charge is 0.275 e. The van der Waals surface area contributed by atoms with Crippen LogP contribution >= 0.6 is 23.2 Å². The first-order valence-electron chi connectivity index (χ1n) is 6.97. The first kappa shape index (κ1) is 16.3. The molecule has 3 aromatic rings. The average Bonchev–Trinajstić information content (AvgIpc) is 3.10. The topological polar surface area (TPSA) is 80.0 Å². The molecule has 0 radical (unpaired) electrons. The second kappa shape index (κ2) is 7.33. The highest BCUT2D eigenvalue weighted by Crippen LogP contribution is 2.30. The van der Waals surface area contributed by atoms with E-state index in [2.05, 4.69) is 20.6 Å². The van der Waals surface area contributed by atoms with Gasteiger partial charge in [-0.05, 0) is 24.3 Å². The van der Waals surface area contributed by atoms with Crippen LogP contribution in [0.3, 0.4) is 0 Å². The van der Waals surface area contributed by atoms with Crippen LogP contribution in [0.2, 0.25) is 10.0 Å². The summed E-state index contributed by atoms with van der Waals surface area (Å²) in [4.78, 5) is 20.4. The van der Waals surface area contributed by atoms with E-state index in [-0.39, 0.29) is 5.69 Å². The fraction of sp³-hybridized carbons (Fsp3) is 0.0625. The summed E-state index contributed by atoms with van der Waals surface area (Å²) in [6, 6.07) is 8.61. The maximum absolute atomic E-state index is 12.2. The lowest BCUT2D eigenvalue weighted by molar-refractivity contribution is 0.102. The number of nitrogens with one attached hydrogen (secondary N) is 2. The minimum atomic E-state index is -0.449. The second-order valence-corrected chi connectivity index (χ2v) is 5.58. The van der Waals surface area contributed by atoms with Gasteiger partial charge in [0, 0.05) is 0 Å². The van der Waals surface area contributed by atoms with Gasteiger partial charge in [0.25, 0.3) is 5.91 Å². The van der Waals surface area contributed by atoms with Crippen molar-refractivity contribution in [1.82, 2.24) is 9.97 Å². The van der Waals surface area contributed by atoms with Gasteiger partial charge in [-0.2, -0.15) is 0 Å². The van der Waals surface area contributed by atoms with Crippen LogP contribution in [0, 0.1) is 0 Å². The number of aromatic nitrogens is 2. The maximum atomic E-state index is 12.2. The van der Waals surface area contributed by atoms with Gasteiger partial charge in [-0.1, -0.05) is 29.3 Å². The first-order valence-corrected chi connectivity index (χ1v) is 7.73. The van der Waals surface area contributed by atoms with Crippen LogP contribution < -0.4 is 10.6 Å². The van der Waals surface area contributed by atoms with Crippen molar-refractivity contribution in [2.24, 2.45) is 0 Å². The van der Waals surface area contributed by atoms with Crippen molar-refractivity contribution < 1.29 is 9.21 Å². The predicted octanol–water partition coefficient (Wildman–Crippen LogP) is 4.24. The van der Waals surface area contributed by atoms with Gasteiger partial charge in [-0.25, -0.2) is 9.97 Å². The van der Waals surface area contributed by atoms with Gasteiger partial charge in [-0.3, -0.25) is 4.79 Å². The van der Waals surface area contributed by atoms with Crippen molar-refractivity contribution >= 4 is 40.6 Å². The van der Waals surface area contributed by atoms with E-state index in [1.807, 2.05) is 6.07 Å². The van der Waals surface area contributed by atoms with Crippen molar-refractivity contribution in [1.29, 1.82) is 0 Å². The van der Waals surface area contributed by atoms with Crippen LogP contribution in [0.15, 0.2) is 53.4 Å². The number of benzene rings is 1.